The Balaban J connectivity index is 1.23. The van der Waals surface area contributed by atoms with Crippen molar-refractivity contribution in [1.29, 1.82) is 0 Å². The number of benzene rings is 2. The molecule has 3 aromatic heterocycles. The molecule has 8 nitrogen and oxygen atoms in total. The molecule has 3 heterocycles. The van der Waals surface area contributed by atoms with Crippen LogP contribution < -0.4 is 10.1 Å². The molecule has 0 aliphatic heterocycles. The Bertz CT molecular complexity index is 1610. The fourth-order valence-electron chi connectivity index (χ4n) is 4.78. The molecule has 1 saturated carbocycles. The Morgan fingerprint density at radius 2 is 1.79 bits per heavy atom. The number of para-hydroxylation sites is 1. The number of aromatic nitrogens is 5. The molecule has 2 aromatic carbocycles. The molecule has 1 fully saturated rings. The number of pyridine rings is 2. The number of halogens is 1. The normalized spacial score (nSPS) is 16.7. The summed E-state index contributed by atoms with van der Waals surface area (Å²) < 4.78 is 22.2. The number of carbonyl (C=O) groups is 1. The van der Waals surface area contributed by atoms with E-state index in [1.807, 2.05) is 37.3 Å². The average molecular weight is 509 g/mol. The van der Waals surface area contributed by atoms with Crippen molar-refractivity contribution in [2.24, 2.45) is 0 Å². The Labute approximate surface area is 218 Å². The third kappa shape index (κ3) is 4.47. The van der Waals surface area contributed by atoms with Crippen LogP contribution in [0.2, 0.25) is 0 Å². The van der Waals surface area contributed by atoms with Gasteiger partial charge in [-0.1, -0.05) is 36.4 Å². The van der Waals surface area contributed by atoms with Crippen molar-refractivity contribution in [3.63, 3.8) is 0 Å². The van der Waals surface area contributed by atoms with Crippen molar-refractivity contribution >= 4 is 16.7 Å². The van der Waals surface area contributed by atoms with E-state index in [-0.39, 0.29) is 23.7 Å². The summed E-state index contributed by atoms with van der Waals surface area (Å²) in [6.45, 7) is 2.44. The molecule has 0 spiro atoms. The van der Waals surface area contributed by atoms with Gasteiger partial charge in [0.05, 0.1) is 18.5 Å². The fourth-order valence-corrected chi connectivity index (χ4v) is 4.78. The maximum absolute atomic E-state index is 14.9. The van der Waals surface area contributed by atoms with E-state index in [1.54, 1.807) is 47.3 Å². The number of hydrogen-bond donors (Lipinski definition) is 1. The van der Waals surface area contributed by atoms with Crippen LogP contribution in [0.1, 0.15) is 42.0 Å². The van der Waals surface area contributed by atoms with Gasteiger partial charge in [0.25, 0.3) is 5.91 Å². The van der Waals surface area contributed by atoms with E-state index < -0.39 is 0 Å². The minimum Gasteiger partial charge on any atom is -0.492 e. The minimum absolute atomic E-state index is 0.00610. The van der Waals surface area contributed by atoms with Crippen LogP contribution in [0, 0.1) is 5.82 Å². The third-order valence-corrected chi connectivity index (χ3v) is 6.76. The van der Waals surface area contributed by atoms with E-state index in [2.05, 4.69) is 25.5 Å². The van der Waals surface area contributed by atoms with Gasteiger partial charge in [0.15, 0.2) is 5.82 Å². The lowest BCUT2D eigenvalue weighted by Gasteiger charge is -2.35. The highest BCUT2D eigenvalue weighted by Crippen LogP contribution is 2.39. The van der Waals surface area contributed by atoms with Gasteiger partial charge < -0.3 is 10.1 Å². The quantitative estimate of drug-likeness (QED) is 0.329. The summed E-state index contributed by atoms with van der Waals surface area (Å²) in [5.74, 6) is 1.12. The topological polar surface area (TPSA) is 94.8 Å². The molecule has 0 radical (unpaired) electrons. The molecule has 1 amide bonds. The second-order valence-electron chi connectivity index (χ2n) is 9.24. The van der Waals surface area contributed by atoms with E-state index >= 15 is 0 Å². The zero-order chi connectivity index (χ0) is 26.1. The first-order chi connectivity index (χ1) is 18.6. The largest absolute Gasteiger partial charge is 0.492 e. The first-order valence-electron chi connectivity index (χ1n) is 12.6. The summed E-state index contributed by atoms with van der Waals surface area (Å²) in [6, 6.07) is 19.7. The van der Waals surface area contributed by atoms with Gasteiger partial charge in [-0.15, -0.1) is 10.2 Å². The van der Waals surface area contributed by atoms with E-state index in [0.29, 0.717) is 53.9 Å². The smallest absolute Gasteiger partial charge is 0.270 e. The third-order valence-electron chi connectivity index (χ3n) is 6.76. The van der Waals surface area contributed by atoms with Gasteiger partial charge in [-0.05, 0) is 55.5 Å². The van der Waals surface area contributed by atoms with Crippen molar-refractivity contribution in [1.82, 2.24) is 30.0 Å². The summed E-state index contributed by atoms with van der Waals surface area (Å²) in [5, 5.41) is 13.9. The van der Waals surface area contributed by atoms with Crippen LogP contribution in [-0.4, -0.2) is 43.3 Å². The van der Waals surface area contributed by atoms with Crippen LogP contribution >= 0.6 is 0 Å². The number of amides is 1. The van der Waals surface area contributed by atoms with Gasteiger partial charge in [-0.3, -0.25) is 14.3 Å². The maximum atomic E-state index is 14.9. The first-order valence-corrected chi connectivity index (χ1v) is 12.6. The lowest BCUT2D eigenvalue weighted by atomic mass is 9.79. The summed E-state index contributed by atoms with van der Waals surface area (Å²) in [7, 11) is 0. The van der Waals surface area contributed by atoms with Crippen molar-refractivity contribution in [3.05, 3.63) is 96.5 Å². The molecule has 9 heteroatoms. The van der Waals surface area contributed by atoms with Gasteiger partial charge in [0, 0.05) is 23.5 Å². The van der Waals surface area contributed by atoms with E-state index in [9.17, 15) is 9.18 Å². The van der Waals surface area contributed by atoms with Crippen molar-refractivity contribution in [2.75, 3.05) is 6.61 Å². The molecule has 1 aliphatic rings. The second-order valence-corrected chi connectivity index (χ2v) is 9.24. The Kier molecular flexibility index (Phi) is 6.25. The lowest BCUT2D eigenvalue weighted by Crippen LogP contribution is -2.44. The van der Waals surface area contributed by atoms with Crippen LogP contribution in [0.15, 0.2) is 79.1 Å². The summed E-state index contributed by atoms with van der Waals surface area (Å²) in [5.41, 5.74) is 1.29. The van der Waals surface area contributed by atoms with Gasteiger partial charge in [0.1, 0.15) is 28.8 Å². The molecule has 0 unspecified atom stereocenters. The van der Waals surface area contributed by atoms with Crippen LogP contribution in [-0.2, 0) is 0 Å². The SMILES string of the molecule is CCOc1ccc(-c2nnc(C3CC(NC(=O)c4cc5ccccc5cn4)C3)n2-c2ccccc2F)nc1. The maximum Gasteiger partial charge on any atom is 0.270 e. The van der Waals surface area contributed by atoms with E-state index in [4.69, 9.17) is 4.74 Å². The molecule has 6 rings (SSSR count). The van der Waals surface area contributed by atoms with Crippen molar-refractivity contribution in [3.8, 4) is 23.0 Å². The molecule has 190 valence electrons. The van der Waals surface area contributed by atoms with Crippen LogP contribution in [0.25, 0.3) is 28.0 Å². The van der Waals surface area contributed by atoms with Crippen LogP contribution in [0.5, 0.6) is 5.75 Å². The zero-order valence-corrected chi connectivity index (χ0v) is 20.7. The van der Waals surface area contributed by atoms with Crippen LogP contribution in [0.3, 0.4) is 0 Å². The summed E-state index contributed by atoms with van der Waals surface area (Å²) in [6.07, 6.45) is 4.64. The predicted octanol–water partition coefficient (Wildman–Crippen LogP) is 5.09. The molecule has 38 heavy (non-hydrogen) atoms. The molecule has 0 atom stereocenters. The molecular weight excluding hydrogens is 483 g/mol. The number of hydrogen-bond acceptors (Lipinski definition) is 6. The number of rotatable bonds is 7. The van der Waals surface area contributed by atoms with Crippen LogP contribution in [0.4, 0.5) is 4.39 Å². The van der Waals surface area contributed by atoms with Gasteiger partial charge in [-0.2, -0.15) is 0 Å². The van der Waals surface area contributed by atoms with Gasteiger partial charge in [0.2, 0.25) is 0 Å². The highest BCUT2D eigenvalue weighted by Gasteiger charge is 2.36. The number of nitrogens with one attached hydrogen (secondary N) is 1. The first kappa shape index (κ1) is 23.7. The fraction of sp³-hybridized carbons (Fsp3) is 0.207. The van der Waals surface area contributed by atoms with E-state index in [0.717, 1.165) is 10.8 Å². The number of nitrogens with zero attached hydrogens (tertiary/aromatic N) is 5. The van der Waals surface area contributed by atoms with Crippen molar-refractivity contribution < 1.29 is 13.9 Å². The molecular formula is C29H25FN6O2. The average Bonchev–Trinajstić information content (AvgIpc) is 3.35. The number of fused-ring (bicyclic) bond motifs is 1. The summed E-state index contributed by atoms with van der Waals surface area (Å²) in [4.78, 5) is 21.6. The van der Waals surface area contributed by atoms with Gasteiger partial charge in [-0.25, -0.2) is 9.37 Å². The predicted molar refractivity (Wildman–Crippen MR) is 141 cm³/mol. The second kappa shape index (κ2) is 10.0. The van der Waals surface area contributed by atoms with Gasteiger partial charge >= 0.3 is 0 Å². The zero-order valence-electron chi connectivity index (χ0n) is 20.7. The highest BCUT2D eigenvalue weighted by atomic mass is 19.1. The monoisotopic (exact) mass is 508 g/mol. The Hall–Kier alpha value is -4.66. The Morgan fingerprint density at radius 1 is 1.00 bits per heavy atom. The molecule has 0 saturated heterocycles. The highest BCUT2D eigenvalue weighted by molar-refractivity contribution is 5.96. The molecule has 0 bridgehead atoms. The number of ether oxygens (including phenoxy) is 1. The lowest BCUT2D eigenvalue weighted by molar-refractivity contribution is 0.0902. The van der Waals surface area contributed by atoms with Crippen molar-refractivity contribution in [2.45, 2.75) is 31.7 Å². The van der Waals surface area contributed by atoms with E-state index in [1.165, 1.54) is 6.07 Å². The molecule has 5 aromatic rings. The molecule has 1 N–H and O–H groups in total. The minimum atomic E-state index is -0.382. The summed E-state index contributed by atoms with van der Waals surface area (Å²) >= 11 is 0. The Morgan fingerprint density at radius 3 is 2.55 bits per heavy atom. The molecule has 1 aliphatic carbocycles. The standard InChI is InChI=1S/C29H25FN6O2/c1-2-38-22-11-12-24(32-17-22)28-35-34-27(36(28)26-10-6-5-9-23(26)30)20-13-21(14-20)33-29(37)25-15-18-7-3-4-8-19(18)16-31-25/h3-12,15-17,20-21H,2,13-14H2,1H3,(H,33,37). The number of carbonyl (C=O) groups excluding carboxylic acids is 1.